The van der Waals surface area contributed by atoms with Crippen molar-refractivity contribution in [1.82, 2.24) is 29.6 Å². The third-order valence-corrected chi connectivity index (χ3v) is 5.17. The van der Waals surface area contributed by atoms with Crippen LogP contribution in [-0.4, -0.2) is 36.7 Å². The minimum atomic E-state index is -0.0915. The van der Waals surface area contributed by atoms with Gasteiger partial charge in [-0.15, -0.1) is 16.4 Å². The number of thiazole rings is 1. The summed E-state index contributed by atoms with van der Waals surface area (Å²) in [6.07, 6.45) is 1.72. The number of fused-ring (bicyclic) bond motifs is 1. The number of hydrogen-bond donors (Lipinski definition) is 0. The molecule has 0 spiro atoms. The second kappa shape index (κ2) is 6.65. The van der Waals surface area contributed by atoms with Crippen molar-refractivity contribution < 1.29 is 4.74 Å². The number of benzene rings is 1. The average Bonchev–Trinajstić information content (AvgIpc) is 3.29. The molecule has 8 nitrogen and oxygen atoms in total. The second-order valence-corrected chi connectivity index (χ2v) is 6.79. The Morgan fingerprint density at radius 2 is 2.20 bits per heavy atom. The van der Waals surface area contributed by atoms with Gasteiger partial charge in [-0.2, -0.15) is 4.68 Å². The molecular weight excluding hydrogens is 360 g/mol. The van der Waals surface area contributed by atoms with Gasteiger partial charge in [0.25, 0.3) is 5.56 Å². The predicted molar refractivity (Wildman–Crippen MR) is 94.6 cm³/mol. The first-order chi connectivity index (χ1) is 12.3. The molecule has 0 atom stereocenters. The van der Waals surface area contributed by atoms with Crippen molar-refractivity contribution in [2.75, 3.05) is 7.11 Å². The van der Waals surface area contributed by atoms with Crippen LogP contribution < -0.4 is 10.3 Å². The van der Waals surface area contributed by atoms with Gasteiger partial charge in [0.15, 0.2) is 4.96 Å². The summed E-state index contributed by atoms with van der Waals surface area (Å²) in [5.41, 5.74) is 1.34. The Labute approximate surface area is 150 Å². The number of ether oxygens (including phenoxy) is 1. The van der Waals surface area contributed by atoms with Gasteiger partial charge in [-0.25, -0.2) is 4.98 Å². The first kappa shape index (κ1) is 15.8. The van der Waals surface area contributed by atoms with Gasteiger partial charge in [0.05, 0.1) is 12.8 Å². The third kappa shape index (κ3) is 3.01. The maximum atomic E-state index is 12.1. The van der Waals surface area contributed by atoms with E-state index in [1.807, 2.05) is 29.6 Å². The predicted octanol–water partition coefficient (Wildman–Crippen LogP) is 2.03. The van der Waals surface area contributed by atoms with Crippen LogP contribution in [0.3, 0.4) is 0 Å². The van der Waals surface area contributed by atoms with Gasteiger partial charge in [-0.3, -0.25) is 9.20 Å². The number of rotatable bonds is 5. The zero-order valence-corrected chi connectivity index (χ0v) is 14.7. The van der Waals surface area contributed by atoms with Crippen molar-refractivity contribution in [2.45, 2.75) is 10.9 Å². The highest BCUT2D eigenvalue weighted by molar-refractivity contribution is 7.98. The maximum absolute atomic E-state index is 12.1. The fourth-order valence-electron chi connectivity index (χ4n) is 2.33. The normalized spacial score (nSPS) is 11.1. The van der Waals surface area contributed by atoms with E-state index < -0.39 is 0 Å². The van der Waals surface area contributed by atoms with E-state index in [4.69, 9.17) is 4.74 Å². The molecule has 0 aliphatic carbocycles. The molecule has 0 saturated carbocycles. The van der Waals surface area contributed by atoms with Gasteiger partial charge in [0, 0.05) is 23.4 Å². The molecule has 0 aliphatic heterocycles. The first-order valence-corrected chi connectivity index (χ1v) is 9.13. The van der Waals surface area contributed by atoms with Crippen LogP contribution in [0.1, 0.15) is 5.69 Å². The van der Waals surface area contributed by atoms with Crippen molar-refractivity contribution >= 4 is 28.1 Å². The van der Waals surface area contributed by atoms with Gasteiger partial charge in [0.1, 0.15) is 11.4 Å². The fraction of sp³-hybridized carbons (Fsp3) is 0.133. The van der Waals surface area contributed by atoms with Crippen LogP contribution in [0.4, 0.5) is 0 Å². The van der Waals surface area contributed by atoms with E-state index in [1.165, 1.54) is 33.6 Å². The molecule has 4 aromatic rings. The molecule has 0 aliphatic rings. The van der Waals surface area contributed by atoms with E-state index >= 15 is 0 Å². The van der Waals surface area contributed by atoms with Crippen molar-refractivity contribution in [2.24, 2.45) is 0 Å². The Hall–Kier alpha value is -2.72. The van der Waals surface area contributed by atoms with Crippen LogP contribution >= 0.6 is 23.1 Å². The largest absolute Gasteiger partial charge is 0.494 e. The molecule has 3 aromatic heterocycles. The lowest BCUT2D eigenvalue weighted by atomic mass is 10.3. The number of thioether (sulfide) groups is 1. The first-order valence-electron chi connectivity index (χ1n) is 7.26. The Morgan fingerprint density at radius 3 is 3.08 bits per heavy atom. The highest BCUT2D eigenvalue weighted by Crippen LogP contribution is 2.26. The lowest BCUT2D eigenvalue weighted by molar-refractivity contribution is 0.410. The zero-order valence-electron chi connectivity index (χ0n) is 13.1. The Bertz CT molecular complexity index is 1090. The summed E-state index contributed by atoms with van der Waals surface area (Å²) in [4.78, 5) is 17.2. The molecule has 0 amide bonds. The topological polar surface area (TPSA) is 87.2 Å². The van der Waals surface area contributed by atoms with Crippen LogP contribution in [0.2, 0.25) is 0 Å². The number of methoxy groups -OCH3 is 1. The van der Waals surface area contributed by atoms with Gasteiger partial charge >= 0.3 is 0 Å². The van der Waals surface area contributed by atoms with E-state index in [0.717, 1.165) is 5.69 Å². The molecule has 1 aromatic carbocycles. The van der Waals surface area contributed by atoms with Gasteiger partial charge in [-0.05, 0) is 22.6 Å². The minimum absolute atomic E-state index is 0.0915. The quantitative estimate of drug-likeness (QED) is 0.495. The van der Waals surface area contributed by atoms with Crippen LogP contribution in [-0.2, 0) is 5.75 Å². The Morgan fingerprint density at radius 1 is 1.32 bits per heavy atom. The Balaban J connectivity index is 1.62. The van der Waals surface area contributed by atoms with E-state index in [9.17, 15) is 4.79 Å². The van der Waals surface area contributed by atoms with Crippen LogP contribution in [0.25, 0.3) is 10.6 Å². The van der Waals surface area contributed by atoms with Crippen LogP contribution in [0.5, 0.6) is 5.75 Å². The van der Waals surface area contributed by atoms with Crippen molar-refractivity contribution in [3.63, 3.8) is 0 Å². The molecule has 25 heavy (non-hydrogen) atoms. The van der Waals surface area contributed by atoms with Crippen molar-refractivity contribution in [1.29, 1.82) is 0 Å². The summed E-state index contributed by atoms with van der Waals surface area (Å²) in [5.74, 6) is 1.16. The molecule has 4 rings (SSSR count). The van der Waals surface area contributed by atoms with Crippen molar-refractivity contribution in [3.05, 3.63) is 58.0 Å². The summed E-state index contributed by atoms with van der Waals surface area (Å²) in [7, 11) is 1.60. The average molecular weight is 372 g/mol. The number of hydrogen-bond acceptors (Lipinski definition) is 8. The summed E-state index contributed by atoms with van der Waals surface area (Å²) in [6.45, 7) is 0. The van der Waals surface area contributed by atoms with Gasteiger partial charge in [-0.1, -0.05) is 23.9 Å². The fourth-order valence-corrected chi connectivity index (χ4v) is 3.84. The molecule has 0 bridgehead atoms. The summed E-state index contributed by atoms with van der Waals surface area (Å²) < 4.78 is 8.50. The summed E-state index contributed by atoms with van der Waals surface area (Å²) in [6, 6.07) is 9.03. The molecule has 0 saturated heterocycles. The molecule has 0 radical (unpaired) electrons. The smallest absolute Gasteiger partial charge is 0.258 e. The number of nitrogens with zero attached hydrogens (tertiary/aromatic N) is 6. The van der Waals surface area contributed by atoms with E-state index in [1.54, 1.807) is 18.0 Å². The third-order valence-electron chi connectivity index (χ3n) is 3.46. The zero-order chi connectivity index (χ0) is 17.2. The van der Waals surface area contributed by atoms with Crippen LogP contribution in [0, 0.1) is 0 Å². The van der Waals surface area contributed by atoms with Gasteiger partial charge in [0.2, 0.25) is 5.16 Å². The molecular formula is C15H12N6O2S2. The summed E-state index contributed by atoms with van der Waals surface area (Å²) in [5, 5.41) is 14.3. The van der Waals surface area contributed by atoms with Gasteiger partial charge < -0.3 is 4.74 Å². The molecule has 0 fully saturated rings. The molecule has 10 heteroatoms. The molecule has 3 heterocycles. The minimum Gasteiger partial charge on any atom is -0.494 e. The lowest BCUT2D eigenvalue weighted by Gasteiger charge is -2.08. The lowest BCUT2D eigenvalue weighted by Crippen LogP contribution is -2.12. The molecule has 126 valence electrons. The van der Waals surface area contributed by atoms with E-state index in [-0.39, 0.29) is 5.56 Å². The second-order valence-electron chi connectivity index (χ2n) is 4.98. The van der Waals surface area contributed by atoms with Crippen LogP contribution in [0.15, 0.2) is 51.9 Å². The standard InChI is InChI=1S/C15H12N6O2S2/c1-23-12-5-3-2-4-11(12)21-15(17-18-19-21)25-9-10-8-13(22)20-6-7-24-14(20)16-10/h2-8H,9H2,1H3. The number of aromatic nitrogens is 6. The van der Waals surface area contributed by atoms with Crippen molar-refractivity contribution in [3.8, 4) is 11.4 Å². The van der Waals surface area contributed by atoms with E-state index in [2.05, 4.69) is 20.5 Å². The number of para-hydroxylation sites is 2. The SMILES string of the molecule is COc1ccccc1-n1nnnc1SCc1cc(=O)n2ccsc2n1. The monoisotopic (exact) mass is 372 g/mol. The summed E-state index contributed by atoms with van der Waals surface area (Å²) >= 11 is 2.83. The van der Waals surface area contributed by atoms with E-state index in [0.29, 0.717) is 27.3 Å². The number of tetrazole rings is 1. The molecule has 0 N–H and O–H groups in total. The Kier molecular flexibility index (Phi) is 4.20. The highest BCUT2D eigenvalue weighted by Gasteiger charge is 2.14. The molecule has 0 unspecified atom stereocenters. The highest BCUT2D eigenvalue weighted by atomic mass is 32.2. The maximum Gasteiger partial charge on any atom is 0.258 e.